The van der Waals surface area contributed by atoms with Crippen LogP contribution in [0.5, 0.6) is 0 Å². The van der Waals surface area contributed by atoms with E-state index in [1.54, 1.807) is 24.4 Å². The number of hydrogen-bond donors (Lipinski definition) is 0. The Morgan fingerprint density at radius 1 is 1.03 bits per heavy atom. The summed E-state index contributed by atoms with van der Waals surface area (Å²) in [6.07, 6.45) is 2.49. The van der Waals surface area contributed by atoms with Crippen LogP contribution in [0.3, 0.4) is 0 Å². The first-order chi connectivity index (χ1) is 13.9. The summed E-state index contributed by atoms with van der Waals surface area (Å²) in [4.78, 5) is 21.3. The van der Waals surface area contributed by atoms with Gasteiger partial charge in [-0.3, -0.25) is 14.7 Å². The third kappa shape index (κ3) is 4.30. The number of sulfonamides is 1. The van der Waals surface area contributed by atoms with Crippen LogP contribution in [0.15, 0.2) is 53.6 Å². The predicted molar refractivity (Wildman–Crippen MR) is 110 cm³/mol. The van der Waals surface area contributed by atoms with Crippen molar-refractivity contribution in [2.24, 2.45) is 0 Å². The molecule has 1 amide bonds. The van der Waals surface area contributed by atoms with Gasteiger partial charge >= 0.3 is 0 Å². The largest absolute Gasteiger partial charge is 0.335 e. The van der Waals surface area contributed by atoms with E-state index in [1.165, 1.54) is 10.4 Å². The lowest BCUT2D eigenvalue weighted by molar-refractivity contribution is -0.133. The second-order valence-electron chi connectivity index (χ2n) is 7.28. The molecular formula is C20H23ClN4O3S. The highest BCUT2D eigenvalue weighted by atomic mass is 35.5. The van der Waals surface area contributed by atoms with Gasteiger partial charge in [-0.25, -0.2) is 8.42 Å². The minimum atomic E-state index is -3.58. The molecule has 1 aromatic carbocycles. The van der Waals surface area contributed by atoms with Crippen molar-refractivity contribution in [1.29, 1.82) is 0 Å². The fourth-order valence-electron chi connectivity index (χ4n) is 3.94. The number of benzene rings is 1. The number of amides is 1. The van der Waals surface area contributed by atoms with E-state index in [0.29, 0.717) is 44.3 Å². The number of carbonyl (C=O) groups excluding carboxylic acids is 1. The van der Waals surface area contributed by atoms with Gasteiger partial charge in [0, 0.05) is 43.9 Å². The summed E-state index contributed by atoms with van der Waals surface area (Å²) in [6, 6.07) is 11.8. The number of likely N-dealkylation sites (tertiary alicyclic amines) is 1. The smallest absolute Gasteiger partial charge is 0.243 e. The summed E-state index contributed by atoms with van der Waals surface area (Å²) in [5.74, 6) is 0.0989. The lowest BCUT2D eigenvalue weighted by atomic mass is 10.2. The fraction of sp³-hybridized carbons (Fsp3) is 0.400. The number of halogens is 1. The first-order valence-electron chi connectivity index (χ1n) is 9.63. The quantitative estimate of drug-likeness (QED) is 0.718. The van der Waals surface area contributed by atoms with Crippen molar-refractivity contribution in [3.05, 3.63) is 59.4 Å². The zero-order chi connectivity index (χ0) is 20.4. The predicted octanol–water partition coefficient (Wildman–Crippen LogP) is 1.84. The van der Waals surface area contributed by atoms with Crippen LogP contribution in [0.4, 0.5) is 0 Å². The summed E-state index contributed by atoms with van der Waals surface area (Å²) in [5, 5.41) is 0.397. The normalized spacial score (nSPS) is 21.6. The van der Waals surface area contributed by atoms with Gasteiger partial charge in [-0.2, -0.15) is 4.31 Å². The molecule has 1 unspecified atom stereocenters. The van der Waals surface area contributed by atoms with E-state index < -0.39 is 10.0 Å². The first kappa shape index (κ1) is 20.3. The summed E-state index contributed by atoms with van der Waals surface area (Å²) in [7, 11) is -3.58. The third-order valence-electron chi connectivity index (χ3n) is 5.50. The number of pyridine rings is 1. The molecule has 154 valence electrons. The topological polar surface area (TPSA) is 73.8 Å². The fourth-order valence-corrected chi connectivity index (χ4v) is 5.66. The Morgan fingerprint density at radius 2 is 1.83 bits per heavy atom. The molecule has 3 heterocycles. The SMILES string of the molecule is O=C1C(N2CCN(S(=O)(=O)c3cccc(Cl)c3)CC2)CCN1Cc1ccccn1. The zero-order valence-corrected chi connectivity index (χ0v) is 17.5. The molecule has 0 aliphatic carbocycles. The van der Waals surface area contributed by atoms with E-state index in [0.717, 1.165) is 12.1 Å². The van der Waals surface area contributed by atoms with Gasteiger partial charge in [-0.15, -0.1) is 0 Å². The Hall–Kier alpha value is -2.00. The van der Waals surface area contributed by atoms with Crippen LogP contribution in [0, 0.1) is 0 Å². The Kier molecular flexibility index (Phi) is 5.87. The maximum Gasteiger partial charge on any atom is 0.243 e. The summed E-state index contributed by atoms with van der Waals surface area (Å²) in [5.41, 5.74) is 0.874. The van der Waals surface area contributed by atoms with Gasteiger partial charge in [-0.1, -0.05) is 23.7 Å². The highest BCUT2D eigenvalue weighted by Gasteiger charge is 2.38. The molecule has 0 spiro atoms. The Bertz CT molecular complexity index is 978. The first-order valence-corrected chi connectivity index (χ1v) is 11.5. The Labute approximate surface area is 175 Å². The monoisotopic (exact) mass is 434 g/mol. The van der Waals surface area contributed by atoms with Gasteiger partial charge in [0.25, 0.3) is 0 Å². The van der Waals surface area contributed by atoms with Crippen LogP contribution in [0.25, 0.3) is 0 Å². The molecule has 0 bridgehead atoms. The highest BCUT2D eigenvalue weighted by molar-refractivity contribution is 7.89. The number of nitrogens with zero attached hydrogens (tertiary/aromatic N) is 4. The van der Waals surface area contributed by atoms with Gasteiger partial charge in [0.05, 0.1) is 23.2 Å². The zero-order valence-electron chi connectivity index (χ0n) is 15.9. The van der Waals surface area contributed by atoms with Crippen molar-refractivity contribution >= 4 is 27.5 Å². The highest BCUT2D eigenvalue weighted by Crippen LogP contribution is 2.24. The Morgan fingerprint density at radius 3 is 2.52 bits per heavy atom. The molecule has 2 aliphatic rings. The van der Waals surface area contributed by atoms with Crippen LogP contribution in [-0.2, 0) is 21.4 Å². The molecule has 2 fully saturated rings. The molecule has 0 saturated carbocycles. The van der Waals surface area contributed by atoms with Crippen molar-refractivity contribution in [3.8, 4) is 0 Å². The van der Waals surface area contributed by atoms with Crippen molar-refractivity contribution < 1.29 is 13.2 Å². The second kappa shape index (κ2) is 8.39. The average molecular weight is 435 g/mol. The molecule has 7 nitrogen and oxygen atoms in total. The van der Waals surface area contributed by atoms with Crippen LogP contribution in [0.1, 0.15) is 12.1 Å². The van der Waals surface area contributed by atoms with Crippen molar-refractivity contribution in [3.63, 3.8) is 0 Å². The second-order valence-corrected chi connectivity index (χ2v) is 9.66. The molecule has 2 aliphatic heterocycles. The van der Waals surface area contributed by atoms with E-state index >= 15 is 0 Å². The number of piperazine rings is 1. The molecule has 2 aromatic rings. The molecule has 1 atom stereocenters. The van der Waals surface area contributed by atoms with Gasteiger partial charge in [0.1, 0.15) is 0 Å². The van der Waals surface area contributed by atoms with E-state index in [4.69, 9.17) is 11.6 Å². The van der Waals surface area contributed by atoms with Gasteiger partial charge in [0.2, 0.25) is 15.9 Å². The maximum atomic E-state index is 12.9. The van der Waals surface area contributed by atoms with Crippen LogP contribution < -0.4 is 0 Å². The molecule has 9 heteroatoms. The number of carbonyl (C=O) groups is 1. The molecule has 2 saturated heterocycles. The lowest BCUT2D eigenvalue weighted by Crippen LogP contribution is -2.53. The van der Waals surface area contributed by atoms with Crippen molar-refractivity contribution in [2.75, 3.05) is 32.7 Å². The third-order valence-corrected chi connectivity index (χ3v) is 7.63. The standard InChI is InChI=1S/C20H23ClN4O3S/c21-16-4-3-6-18(14-16)29(27,28)25-12-10-23(11-13-25)19-7-9-24(20(19)26)15-17-5-1-2-8-22-17/h1-6,8,14,19H,7,9-13,15H2. The van der Waals surface area contributed by atoms with E-state index in [1.807, 2.05) is 23.1 Å². The van der Waals surface area contributed by atoms with E-state index in [9.17, 15) is 13.2 Å². The molecular weight excluding hydrogens is 412 g/mol. The van der Waals surface area contributed by atoms with E-state index in [-0.39, 0.29) is 16.8 Å². The molecule has 0 radical (unpaired) electrons. The van der Waals surface area contributed by atoms with Crippen LogP contribution in [0.2, 0.25) is 5.02 Å². The summed E-state index contributed by atoms with van der Waals surface area (Å²) in [6.45, 7) is 3.00. The number of hydrogen-bond acceptors (Lipinski definition) is 5. The van der Waals surface area contributed by atoms with Crippen molar-refractivity contribution in [2.45, 2.75) is 23.9 Å². The molecule has 4 rings (SSSR count). The van der Waals surface area contributed by atoms with Crippen LogP contribution >= 0.6 is 11.6 Å². The van der Waals surface area contributed by atoms with Crippen LogP contribution in [-0.4, -0.2) is 72.2 Å². The summed E-state index contributed by atoms with van der Waals surface area (Å²) < 4.78 is 27.2. The molecule has 29 heavy (non-hydrogen) atoms. The minimum Gasteiger partial charge on any atom is -0.335 e. The minimum absolute atomic E-state index is 0.0989. The summed E-state index contributed by atoms with van der Waals surface area (Å²) >= 11 is 5.95. The van der Waals surface area contributed by atoms with Crippen molar-refractivity contribution in [1.82, 2.24) is 19.1 Å². The average Bonchev–Trinajstić information content (AvgIpc) is 3.09. The molecule has 1 aromatic heterocycles. The van der Waals surface area contributed by atoms with Gasteiger partial charge in [0.15, 0.2) is 0 Å². The van der Waals surface area contributed by atoms with Gasteiger partial charge in [-0.05, 0) is 36.8 Å². The lowest BCUT2D eigenvalue weighted by Gasteiger charge is -2.36. The maximum absolute atomic E-state index is 12.9. The Balaban J connectivity index is 1.37. The van der Waals surface area contributed by atoms with Gasteiger partial charge < -0.3 is 4.90 Å². The van der Waals surface area contributed by atoms with E-state index in [2.05, 4.69) is 9.88 Å². The molecule has 0 N–H and O–H groups in total. The number of rotatable bonds is 5. The number of aromatic nitrogens is 1.